The summed E-state index contributed by atoms with van der Waals surface area (Å²) in [5, 5.41) is 2.95. The Balaban J connectivity index is 1.33. The van der Waals surface area contributed by atoms with Gasteiger partial charge in [0.25, 0.3) is 5.91 Å². The van der Waals surface area contributed by atoms with Gasteiger partial charge in [-0.05, 0) is 85.6 Å². The molecule has 0 aliphatic heterocycles. The number of fused-ring (bicyclic) bond motifs is 1. The monoisotopic (exact) mass is 488 g/mol. The smallest absolute Gasteiger partial charge is 0.387 e. The second kappa shape index (κ2) is 9.11. The fourth-order valence-electron chi connectivity index (χ4n) is 4.18. The van der Waals surface area contributed by atoms with Crippen LogP contribution < -0.4 is 10.1 Å². The zero-order valence-electron chi connectivity index (χ0n) is 18.5. The van der Waals surface area contributed by atoms with Crippen LogP contribution in [-0.2, 0) is 23.0 Å². The molecule has 0 unspecified atom stereocenters. The van der Waals surface area contributed by atoms with Crippen LogP contribution in [-0.4, -0.2) is 37.3 Å². The summed E-state index contributed by atoms with van der Waals surface area (Å²) in [6.45, 7) is -2.66. The van der Waals surface area contributed by atoms with E-state index in [1.54, 1.807) is 34.6 Å². The van der Waals surface area contributed by atoms with E-state index in [-0.39, 0.29) is 30.3 Å². The Morgan fingerprint density at radius 3 is 2.44 bits per heavy atom. The molecule has 1 N–H and O–H groups in total. The largest absolute Gasteiger partial charge is 0.435 e. The summed E-state index contributed by atoms with van der Waals surface area (Å²) in [7, 11) is -3.70. The van der Waals surface area contributed by atoms with Gasteiger partial charge in [0.2, 0.25) is 10.0 Å². The molecule has 2 saturated carbocycles. The molecule has 0 heterocycles. The summed E-state index contributed by atoms with van der Waals surface area (Å²) in [4.78, 5) is 12.5. The van der Waals surface area contributed by atoms with Gasteiger partial charge in [-0.1, -0.05) is 18.2 Å². The van der Waals surface area contributed by atoms with Gasteiger partial charge in [0, 0.05) is 24.2 Å². The third kappa shape index (κ3) is 5.15. The molecular weight excluding hydrogens is 462 g/mol. The summed E-state index contributed by atoms with van der Waals surface area (Å²) in [5.41, 5.74) is 2.88. The van der Waals surface area contributed by atoms with Crippen LogP contribution in [0.1, 0.15) is 59.2 Å². The molecule has 1 amide bonds. The molecule has 2 fully saturated rings. The number of nitrogens with one attached hydrogen (secondary N) is 1. The molecule has 5 rings (SSSR count). The van der Waals surface area contributed by atoms with E-state index in [0.717, 1.165) is 36.8 Å². The molecule has 0 atom stereocenters. The number of aryl methyl sites for hydroxylation is 1. The molecule has 2 aromatic rings. The number of hydrogen-bond acceptors (Lipinski definition) is 4. The minimum Gasteiger partial charge on any atom is -0.435 e. The van der Waals surface area contributed by atoms with Crippen LogP contribution in [0.4, 0.5) is 8.78 Å². The Morgan fingerprint density at radius 2 is 1.79 bits per heavy atom. The Hall–Kier alpha value is -2.78. The summed E-state index contributed by atoms with van der Waals surface area (Å²) in [6.07, 6.45) is 6.05. The molecule has 180 valence electrons. The minimum atomic E-state index is -3.70. The van der Waals surface area contributed by atoms with Gasteiger partial charge in [-0.25, -0.2) is 8.42 Å². The van der Waals surface area contributed by atoms with Crippen LogP contribution in [0, 0.1) is 0 Å². The first-order valence-electron chi connectivity index (χ1n) is 11.5. The highest BCUT2D eigenvalue weighted by Crippen LogP contribution is 2.37. The summed E-state index contributed by atoms with van der Waals surface area (Å²) >= 11 is 0. The number of carbonyl (C=O) groups excluding carboxylic acids is 1. The van der Waals surface area contributed by atoms with Crippen molar-refractivity contribution in [3.05, 3.63) is 69.6 Å². The molecule has 2 aromatic carbocycles. The molecule has 6 nitrogen and oxygen atoms in total. The van der Waals surface area contributed by atoms with Crippen molar-refractivity contribution >= 4 is 22.0 Å². The number of amides is 1. The van der Waals surface area contributed by atoms with Crippen LogP contribution in [0.25, 0.3) is 6.08 Å². The molecule has 9 heteroatoms. The maximum atomic E-state index is 13.6. The first kappa shape index (κ1) is 23.0. The number of nitrogens with zero attached hydrogens (tertiary/aromatic N) is 1. The minimum absolute atomic E-state index is 0.0352. The van der Waals surface area contributed by atoms with E-state index < -0.39 is 16.6 Å². The highest BCUT2D eigenvalue weighted by atomic mass is 32.2. The van der Waals surface area contributed by atoms with Crippen molar-refractivity contribution < 1.29 is 26.7 Å². The van der Waals surface area contributed by atoms with Gasteiger partial charge in [0.05, 0.1) is 4.91 Å². The van der Waals surface area contributed by atoms with Crippen molar-refractivity contribution in [2.75, 3.05) is 0 Å². The van der Waals surface area contributed by atoms with Gasteiger partial charge in [-0.15, -0.1) is 0 Å². The second-order valence-electron chi connectivity index (χ2n) is 9.08. The fourth-order valence-corrected chi connectivity index (χ4v) is 6.04. The van der Waals surface area contributed by atoms with Gasteiger partial charge >= 0.3 is 6.61 Å². The van der Waals surface area contributed by atoms with E-state index in [2.05, 4.69) is 10.1 Å². The Bertz CT molecular complexity index is 1220. The second-order valence-corrected chi connectivity index (χ2v) is 11.0. The number of alkyl halides is 2. The number of carbonyl (C=O) groups is 1. The standard InChI is InChI=1S/C25H26F2N2O4S/c26-25(27)33-22-11-5-19-14-23(12-6-18(19)13-22)34(31,32)29(21-9-10-21)15-16-1-3-17(4-2-16)24(30)28-20-7-8-20/h1-5,11,13-14,20-21,25H,6-10,12,15H2,(H,28,30). The number of benzene rings is 2. The van der Waals surface area contributed by atoms with Gasteiger partial charge in [-0.3, -0.25) is 4.79 Å². The van der Waals surface area contributed by atoms with Crippen molar-refractivity contribution in [2.45, 2.75) is 63.8 Å². The lowest BCUT2D eigenvalue weighted by atomic mass is 9.97. The van der Waals surface area contributed by atoms with Crippen molar-refractivity contribution in [3.8, 4) is 5.75 Å². The lowest BCUT2D eigenvalue weighted by molar-refractivity contribution is -0.0498. The van der Waals surface area contributed by atoms with Crippen LogP contribution in [0.3, 0.4) is 0 Å². The Kier molecular flexibility index (Phi) is 6.16. The molecule has 3 aliphatic rings. The SMILES string of the molecule is O=C(NC1CC1)c1ccc(CN(C2CC2)S(=O)(=O)C2=Cc3ccc(OC(F)F)cc3CC2)cc1. The average molecular weight is 489 g/mol. The predicted molar refractivity (Wildman–Crippen MR) is 124 cm³/mol. The van der Waals surface area contributed by atoms with Gasteiger partial charge in [0.15, 0.2) is 0 Å². The van der Waals surface area contributed by atoms with Gasteiger partial charge in [0.1, 0.15) is 5.75 Å². The number of hydrogen-bond donors (Lipinski definition) is 1. The quantitative estimate of drug-likeness (QED) is 0.566. The Morgan fingerprint density at radius 1 is 1.06 bits per heavy atom. The number of allylic oxidation sites excluding steroid dienone is 1. The summed E-state index contributed by atoms with van der Waals surface area (Å²) < 4.78 is 58.1. The molecule has 0 saturated heterocycles. The maximum absolute atomic E-state index is 13.6. The van der Waals surface area contributed by atoms with E-state index in [1.807, 2.05) is 12.1 Å². The number of sulfonamides is 1. The molecule has 0 spiro atoms. The summed E-state index contributed by atoms with van der Waals surface area (Å²) in [5.74, 6) is -0.0313. The highest BCUT2D eigenvalue weighted by molar-refractivity contribution is 7.93. The number of halogens is 2. The third-order valence-corrected chi connectivity index (χ3v) is 8.39. The number of rotatable bonds is 9. The summed E-state index contributed by atoms with van der Waals surface area (Å²) in [6, 6.07) is 11.9. The molecule has 34 heavy (non-hydrogen) atoms. The zero-order chi connectivity index (χ0) is 23.9. The molecule has 0 radical (unpaired) electrons. The normalized spacial score (nSPS) is 17.9. The predicted octanol–water partition coefficient (Wildman–Crippen LogP) is 4.46. The van der Waals surface area contributed by atoms with Crippen LogP contribution in [0.2, 0.25) is 0 Å². The van der Waals surface area contributed by atoms with Crippen molar-refractivity contribution in [1.29, 1.82) is 0 Å². The van der Waals surface area contributed by atoms with Crippen LogP contribution in [0.5, 0.6) is 5.75 Å². The van der Waals surface area contributed by atoms with Crippen LogP contribution in [0.15, 0.2) is 47.4 Å². The zero-order valence-corrected chi connectivity index (χ0v) is 19.4. The fraction of sp³-hybridized carbons (Fsp3) is 0.400. The number of ether oxygens (including phenoxy) is 1. The van der Waals surface area contributed by atoms with E-state index >= 15 is 0 Å². The van der Waals surface area contributed by atoms with E-state index in [4.69, 9.17) is 0 Å². The topological polar surface area (TPSA) is 75.7 Å². The average Bonchev–Trinajstić information content (AvgIpc) is 3.72. The lowest BCUT2D eigenvalue weighted by Crippen LogP contribution is -2.34. The van der Waals surface area contributed by atoms with E-state index in [1.165, 1.54) is 6.07 Å². The molecule has 3 aliphatic carbocycles. The first-order valence-corrected chi connectivity index (χ1v) is 12.9. The maximum Gasteiger partial charge on any atom is 0.387 e. The highest BCUT2D eigenvalue weighted by Gasteiger charge is 2.39. The molecular formula is C25H26F2N2O4S. The lowest BCUT2D eigenvalue weighted by Gasteiger charge is -2.26. The van der Waals surface area contributed by atoms with E-state index in [9.17, 15) is 22.0 Å². The molecule has 0 aromatic heterocycles. The van der Waals surface area contributed by atoms with Crippen LogP contribution >= 0.6 is 0 Å². The third-order valence-electron chi connectivity index (χ3n) is 6.36. The van der Waals surface area contributed by atoms with Gasteiger partial charge in [-0.2, -0.15) is 13.1 Å². The van der Waals surface area contributed by atoms with Crippen molar-refractivity contribution in [3.63, 3.8) is 0 Å². The van der Waals surface area contributed by atoms with Crippen molar-refractivity contribution in [1.82, 2.24) is 9.62 Å². The Labute approximate surface area is 197 Å². The molecule has 0 bridgehead atoms. The first-order chi connectivity index (χ1) is 16.3. The van der Waals surface area contributed by atoms with E-state index in [0.29, 0.717) is 28.9 Å². The van der Waals surface area contributed by atoms with Crippen molar-refractivity contribution in [2.24, 2.45) is 0 Å². The van der Waals surface area contributed by atoms with Gasteiger partial charge < -0.3 is 10.1 Å².